The third kappa shape index (κ3) is 4.64. The summed E-state index contributed by atoms with van der Waals surface area (Å²) in [5, 5.41) is 11.6. The lowest BCUT2D eigenvalue weighted by Crippen LogP contribution is -2.31. The number of hydrogen-bond donors (Lipinski definition) is 2. The summed E-state index contributed by atoms with van der Waals surface area (Å²) in [7, 11) is 0. The highest BCUT2D eigenvalue weighted by molar-refractivity contribution is 7.14. The molecule has 20 heavy (non-hydrogen) atoms. The van der Waals surface area contributed by atoms with Crippen molar-refractivity contribution in [1.29, 1.82) is 0 Å². The second-order valence-corrected chi connectivity index (χ2v) is 5.79. The normalized spacial score (nSPS) is 15.4. The van der Waals surface area contributed by atoms with Gasteiger partial charge in [-0.25, -0.2) is 0 Å². The Morgan fingerprint density at radius 3 is 3.00 bits per heavy atom. The van der Waals surface area contributed by atoms with Crippen LogP contribution >= 0.6 is 11.3 Å². The number of rotatable bonds is 4. The molecule has 1 aromatic heterocycles. The summed E-state index contributed by atoms with van der Waals surface area (Å²) in [4.78, 5) is 13.6. The zero-order chi connectivity index (χ0) is 14.2. The molecule has 5 heteroatoms. The van der Waals surface area contributed by atoms with Crippen LogP contribution in [0.5, 0.6) is 0 Å². The Bertz CT molecular complexity index is 495. The minimum absolute atomic E-state index is 0.0308. The van der Waals surface area contributed by atoms with Crippen LogP contribution in [0.25, 0.3) is 0 Å². The van der Waals surface area contributed by atoms with Crippen molar-refractivity contribution in [1.82, 2.24) is 5.32 Å². The molecule has 0 aromatic carbocycles. The second kappa shape index (κ2) is 8.05. The molecule has 1 amide bonds. The summed E-state index contributed by atoms with van der Waals surface area (Å²) in [6.45, 7) is 2.37. The number of amides is 1. The summed E-state index contributed by atoms with van der Waals surface area (Å²) >= 11 is 1.39. The topological polar surface area (TPSA) is 58.6 Å². The summed E-state index contributed by atoms with van der Waals surface area (Å²) < 4.78 is 5.30. The van der Waals surface area contributed by atoms with Crippen molar-refractivity contribution in [2.75, 3.05) is 26.4 Å². The molecule has 4 nitrogen and oxygen atoms in total. The standard InChI is InChI=1S/C15H19NO3S/c17-8-2-1-3-13-4-5-14(20-13)15(18)16-11-12-6-9-19-10-7-12/h4-5,12,17H,2,6-11H2,(H,16,18). The molecule has 1 aromatic rings. The molecule has 0 atom stereocenters. The fourth-order valence-corrected chi connectivity index (χ4v) is 2.80. The summed E-state index contributed by atoms with van der Waals surface area (Å²) in [6, 6.07) is 3.64. The average molecular weight is 293 g/mol. The number of aliphatic hydroxyl groups excluding tert-OH is 1. The van der Waals surface area contributed by atoms with E-state index in [9.17, 15) is 4.79 Å². The third-order valence-electron chi connectivity index (χ3n) is 3.17. The second-order valence-electron chi connectivity index (χ2n) is 4.71. The first-order chi connectivity index (χ1) is 9.79. The third-order valence-corrected chi connectivity index (χ3v) is 4.17. The van der Waals surface area contributed by atoms with Crippen LogP contribution in [-0.2, 0) is 4.74 Å². The summed E-state index contributed by atoms with van der Waals surface area (Å²) in [5.74, 6) is 6.28. The average Bonchev–Trinajstić information content (AvgIpc) is 2.95. The molecule has 1 fully saturated rings. The van der Waals surface area contributed by atoms with Crippen LogP contribution in [0.4, 0.5) is 0 Å². The van der Waals surface area contributed by atoms with E-state index in [1.54, 1.807) is 6.07 Å². The van der Waals surface area contributed by atoms with Gasteiger partial charge in [-0.2, -0.15) is 0 Å². The Labute approximate surface area is 123 Å². The van der Waals surface area contributed by atoms with Crippen LogP contribution in [0, 0.1) is 17.8 Å². The molecule has 2 N–H and O–H groups in total. The van der Waals surface area contributed by atoms with Gasteiger partial charge >= 0.3 is 0 Å². The lowest BCUT2D eigenvalue weighted by atomic mass is 10.0. The first-order valence-corrected chi connectivity index (χ1v) is 7.66. The molecular formula is C15H19NO3S. The lowest BCUT2D eigenvalue weighted by Gasteiger charge is -2.21. The highest BCUT2D eigenvalue weighted by Gasteiger charge is 2.15. The van der Waals surface area contributed by atoms with Gasteiger partial charge < -0.3 is 15.2 Å². The van der Waals surface area contributed by atoms with Crippen LogP contribution in [-0.4, -0.2) is 37.4 Å². The zero-order valence-electron chi connectivity index (χ0n) is 11.4. The van der Waals surface area contributed by atoms with E-state index in [-0.39, 0.29) is 12.5 Å². The van der Waals surface area contributed by atoms with Crippen molar-refractivity contribution in [3.63, 3.8) is 0 Å². The maximum Gasteiger partial charge on any atom is 0.261 e. The van der Waals surface area contributed by atoms with Gasteiger partial charge in [0, 0.05) is 26.2 Å². The molecule has 2 rings (SSSR count). The van der Waals surface area contributed by atoms with Crippen molar-refractivity contribution in [2.24, 2.45) is 5.92 Å². The molecule has 0 saturated carbocycles. The van der Waals surface area contributed by atoms with Gasteiger partial charge in [0.25, 0.3) is 5.91 Å². The highest BCUT2D eigenvalue weighted by atomic mass is 32.1. The summed E-state index contributed by atoms with van der Waals surface area (Å²) in [5.41, 5.74) is 0. The Hall–Kier alpha value is -1.35. The molecule has 1 aliphatic rings. The van der Waals surface area contributed by atoms with Gasteiger partial charge in [-0.05, 0) is 30.9 Å². The van der Waals surface area contributed by atoms with Crippen LogP contribution in [0.2, 0.25) is 0 Å². The monoisotopic (exact) mass is 293 g/mol. The van der Waals surface area contributed by atoms with E-state index in [2.05, 4.69) is 17.2 Å². The van der Waals surface area contributed by atoms with E-state index < -0.39 is 0 Å². The predicted molar refractivity (Wildman–Crippen MR) is 78.8 cm³/mol. The van der Waals surface area contributed by atoms with Crippen molar-refractivity contribution in [3.8, 4) is 11.8 Å². The zero-order valence-corrected chi connectivity index (χ0v) is 12.2. The van der Waals surface area contributed by atoms with E-state index in [1.807, 2.05) is 6.07 Å². The fourth-order valence-electron chi connectivity index (χ4n) is 2.01. The van der Waals surface area contributed by atoms with E-state index in [0.29, 0.717) is 23.8 Å². The highest BCUT2D eigenvalue weighted by Crippen LogP contribution is 2.17. The Balaban J connectivity index is 1.81. The number of ether oxygens (including phenoxy) is 1. The maximum atomic E-state index is 12.0. The lowest BCUT2D eigenvalue weighted by molar-refractivity contribution is 0.0643. The molecule has 108 valence electrons. The van der Waals surface area contributed by atoms with Gasteiger partial charge in [0.05, 0.1) is 16.4 Å². The van der Waals surface area contributed by atoms with Gasteiger partial charge in [0.15, 0.2) is 0 Å². The number of thiophene rings is 1. The van der Waals surface area contributed by atoms with Crippen LogP contribution < -0.4 is 5.32 Å². The van der Waals surface area contributed by atoms with Crippen LogP contribution in [0.3, 0.4) is 0 Å². The van der Waals surface area contributed by atoms with Crippen molar-refractivity contribution in [2.45, 2.75) is 19.3 Å². The van der Waals surface area contributed by atoms with Gasteiger partial charge in [0.1, 0.15) is 0 Å². The van der Waals surface area contributed by atoms with Crippen LogP contribution in [0.15, 0.2) is 12.1 Å². The Kier molecular flexibility index (Phi) is 6.06. The van der Waals surface area contributed by atoms with Gasteiger partial charge in [-0.1, -0.05) is 11.8 Å². The maximum absolute atomic E-state index is 12.0. The van der Waals surface area contributed by atoms with Crippen molar-refractivity contribution in [3.05, 3.63) is 21.9 Å². The minimum atomic E-state index is -0.0308. The minimum Gasteiger partial charge on any atom is -0.395 e. The fraction of sp³-hybridized carbons (Fsp3) is 0.533. The molecule has 1 saturated heterocycles. The number of carbonyl (C=O) groups excluding carboxylic acids is 1. The predicted octanol–water partition coefficient (Wildman–Crippen LogP) is 1.64. The molecule has 0 spiro atoms. The van der Waals surface area contributed by atoms with E-state index >= 15 is 0 Å². The molecule has 2 heterocycles. The van der Waals surface area contributed by atoms with Crippen LogP contribution in [0.1, 0.15) is 33.8 Å². The van der Waals surface area contributed by atoms with E-state index in [4.69, 9.17) is 9.84 Å². The van der Waals surface area contributed by atoms with Gasteiger partial charge in [-0.3, -0.25) is 4.79 Å². The quantitative estimate of drug-likeness (QED) is 0.830. The number of carbonyl (C=O) groups is 1. The van der Waals surface area contributed by atoms with E-state index in [0.717, 1.165) is 30.9 Å². The molecule has 0 bridgehead atoms. The SMILES string of the molecule is O=C(NCC1CCOCC1)c1ccc(C#CCCO)s1. The van der Waals surface area contributed by atoms with Gasteiger partial charge in [0.2, 0.25) is 0 Å². The molecular weight excluding hydrogens is 274 g/mol. The van der Waals surface area contributed by atoms with Gasteiger partial charge in [-0.15, -0.1) is 11.3 Å². The Morgan fingerprint density at radius 2 is 2.25 bits per heavy atom. The molecule has 0 unspecified atom stereocenters. The number of aliphatic hydroxyl groups is 1. The molecule has 0 radical (unpaired) electrons. The first kappa shape index (κ1) is 15.0. The number of nitrogens with one attached hydrogen (secondary N) is 1. The largest absolute Gasteiger partial charge is 0.395 e. The smallest absolute Gasteiger partial charge is 0.261 e. The molecule has 0 aliphatic carbocycles. The number of hydrogen-bond acceptors (Lipinski definition) is 4. The van der Waals surface area contributed by atoms with Crippen molar-refractivity contribution < 1.29 is 14.6 Å². The van der Waals surface area contributed by atoms with E-state index in [1.165, 1.54) is 11.3 Å². The Morgan fingerprint density at radius 1 is 1.45 bits per heavy atom. The first-order valence-electron chi connectivity index (χ1n) is 6.85. The molecule has 1 aliphatic heterocycles. The summed E-state index contributed by atoms with van der Waals surface area (Å²) in [6.07, 6.45) is 2.49. The van der Waals surface area contributed by atoms with Crippen molar-refractivity contribution >= 4 is 17.2 Å².